The number of anilines is 1. The molecule has 160 valence electrons. The first-order valence-corrected chi connectivity index (χ1v) is 11.1. The van der Waals surface area contributed by atoms with Crippen molar-refractivity contribution in [1.29, 1.82) is 0 Å². The molecule has 6 nitrogen and oxygen atoms in total. The number of hydrogen-bond acceptors (Lipinski definition) is 4. The Hall–Kier alpha value is -1.63. The van der Waals surface area contributed by atoms with Crippen LogP contribution in [-0.4, -0.2) is 66.4 Å². The molecule has 3 rings (SSSR count). The fraction of sp³-hybridized carbons (Fsp3) is 0.636. The minimum atomic E-state index is -0.136. The average molecular weight is 421 g/mol. The molecule has 0 aromatic heterocycles. The molecule has 2 N–H and O–H groups in total. The van der Waals surface area contributed by atoms with Crippen molar-refractivity contribution in [2.24, 2.45) is 5.92 Å². The molecule has 0 radical (unpaired) electrons. The number of piperazine rings is 1. The Bertz CT molecular complexity index is 706. The second-order valence-corrected chi connectivity index (χ2v) is 8.80. The van der Waals surface area contributed by atoms with Gasteiger partial charge in [-0.05, 0) is 37.8 Å². The van der Waals surface area contributed by atoms with Gasteiger partial charge in [-0.3, -0.25) is 19.4 Å². The van der Waals surface area contributed by atoms with Crippen LogP contribution in [0, 0.1) is 5.92 Å². The molecule has 0 bridgehead atoms. The summed E-state index contributed by atoms with van der Waals surface area (Å²) in [6.45, 7) is 7.67. The second-order valence-electron chi connectivity index (χ2n) is 8.39. The van der Waals surface area contributed by atoms with Crippen LogP contribution >= 0.6 is 11.6 Å². The van der Waals surface area contributed by atoms with Gasteiger partial charge in [0.05, 0.1) is 23.3 Å². The lowest BCUT2D eigenvalue weighted by Gasteiger charge is -2.38. The Morgan fingerprint density at radius 2 is 1.83 bits per heavy atom. The monoisotopic (exact) mass is 420 g/mol. The Balaban J connectivity index is 1.41. The van der Waals surface area contributed by atoms with E-state index in [4.69, 9.17) is 11.6 Å². The van der Waals surface area contributed by atoms with Crippen molar-refractivity contribution >= 4 is 29.1 Å². The van der Waals surface area contributed by atoms with Crippen molar-refractivity contribution in [3.05, 3.63) is 29.3 Å². The summed E-state index contributed by atoms with van der Waals surface area (Å²) in [4.78, 5) is 29.4. The average Bonchev–Trinajstić information content (AvgIpc) is 2.71. The summed E-state index contributed by atoms with van der Waals surface area (Å²) in [6.07, 6.45) is 4.77. The van der Waals surface area contributed by atoms with E-state index in [9.17, 15) is 9.59 Å². The van der Waals surface area contributed by atoms with E-state index < -0.39 is 0 Å². The number of para-hydroxylation sites is 1. The number of carbonyl (C=O) groups excluding carboxylic acids is 2. The minimum Gasteiger partial charge on any atom is -0.352 e. The van der Waals surface area contributed by atoms with Gasteiger partial charge in [0.2, 0.25) is 11.8 Å². The lowest BCUT2D eigenvalue weighted by molar-refractivity contribution is -0.128. The van der Waals surface area contributed by atoms with E-state index in [-0.39, 0.29) is 17.9 Å². The largest absolute Gasteiger partial charge is 0.352 e. The number of halogens is 1. The van der Waals surface area contributed by atoms with Crippen molar-refractivity contribution in [3.8, 4) is 0 Å². The highest BCUT2D eigenvalue weighted by Gasteiger charge is 2.29. The van der Waals surface area contributed by atoms with Crippen LogP contribution in [0.4, 0.5) is 5.69 Å². The molecule has 2 aliphatic rings. The number of benzene rings is 1. The quantitative estimate of drug-likeness (QED) is 0.742. The fourth-order valence-corrected chi connectivity index (χ4v) is 4.45. The number of rotatable bonds is 6. The molecule has 1 heterocycles. The number of amides is 2. The SMILES string of the molecule is C[C@@H]1CCCC[C@H]1NC(=O)[C@@H](C)N1CCN(CC(=O)Nc2ccccc2Cl)CC1. The number of nitrogens with one attached hydrogen (secondary N) is 2. The highest BCUT2D eigenvalue weighted by molar-refractivity contribution is 6.33. The van der Waals surface area contributed by atoms with Crippen molar-refractivity contribution in [2.75, 3.05) is 38.0 Å². The molecule has 3 atom stereocenters. The number of carbonyl (C=O) groups is 2. The van der Waals surface area contributed by atoms with E-state index in [1.807, 2.05) is 19.1 Å². The fourth-order valence-electron chi connectivity index (χ4n) is 4.26. The summed E-state index contributed by atoms with van der Waals surface area (Å²) in [6, 6.07) is 7.42. The topological polar surface area (TPSA) is 64.7 Å². The van der Waals surface area contributed by atoms with Crippen LogP contribution in [0.15, 0.2) is 24.3 Å². The predicted molar refractivity (Wildman–Crippen MR) is 117 cm³/mol. The van der Waals surface area contributed by atoms with Crippen molar-refractivity contribution in [2.45, 2.75) is 51.6 Å². The Labute approximate surface area is 179 Å². The molecule has 1 saturated heterocycles. The summed E-state index contributed by atoms with van der Waals surface area (Å²) in [7, 11) is 0. The minimum absolute atomic E-state index is 0.0661. The molecule has 1 saturated carbocycles. The first-order valence-electron chi connectivity index (χ1n) is 10.7. The van der Waals surface area contributed by atoms with Gasteiger partial charge in [-0.15, -0.1) is 0 Å². The molecule has 1 aromatic rings. The Morgan fingerprint density at radius 1 is 1.14 bits per heavy atom. The van der Waals surface area contributed by atoms with Gasteiger partial charge >= 0.3 is 0 Å². The molecule has 2 fully saturated rings. The summed E-state index contributed by atoms with van der Waals surface area (Å²) in [5, 5.41) is 6.68. The summed E-state index contributed by atoms with van der Waals surface area (Å²) >= 11 is 6.10. The molecule has 1 aromatic carbocycles. The van der Waals surface area contributed by atoms with Gasteiger partial charge in [0.15, 0.2) is 0 Å². The molecule has 1 aliphatic carbocycles. The third-order valence-electron chi connectivity index (χ3n) is 6.29. The van der Waals surface area contributed by atoms with E-state index in [0.717, 1.165) is 32.6 Å². The van der Waals surface area contributed by atoms with Gasteiger partial charge in [0, 0.05) is 32.2 Å². The van der Waals surface area contributed by atoms with Crippen LogP contribution in [-0.2, 0) is 9.59 Å². The van der Waals surface area contributed by atoms with Gasteiger partial charge in [0.25, 0.3) is 0 Å². The molecule has 0 spiro atoms. The second kappa shape index (κ2) is 10.4. The highest BCUT2D eigenvalue weighted by Crippen LogP contribution is 2.24. The molecule has 0 unspecified atom stereocenters. The maximum Gasteiger partial charge on any atom is 0.238 e. The number of hydrogen-bond donors (Lipinski definition) is 2. The Kier molecular flexibility index (Phi) is 7.92. The van der Waals surface area contributed by atoms with Crippen molar-refractivity contribution in [3.63, 3.8) is 0 Å². The third kappa shape index (κ3) is 6.17. The summed E-state index contributed by atoms with van der Waals surface area (Å²) in [5.74, 6) is 0.630. The van der Waals surface area contributed by atoms with Gasteiger partial charge in [0.1, 0.15) is 0 Å². The van der Waals surface area contributed by atoms with Crippen molar-refractivity contribution in [1.82, 2.24) is 15.1 Å². The lowest BCUT2D eigenvalue weighted by Crippen LogP contribution is -2.56. The molecule has 2 amide bonds. The zero-order chi connectivity index (χ0) is 20.8. The molecule has 1 aliphatic heterocycles. The third-order valence-corrected chi connectivity index (χ3v) is 6.62. The molecular formula is C22H33ClN4O2. The standard InChI is InChI=1S/C22H33ClN4O2/c1-16-7-3-5-9-19(16)25-22(29)17(2)27-13-11-26(12-14-27)15-21(28)24-20-10-6-4-8-18(20)23/h4,6,8,10,16-17,19H,3,5,7,9,11-15H2,1-2H3,(H,24,28)(H,25,29)/t16-,17-,19-/m1/s1. The molecule has 29 heavy (non-hydrogen) atoms. The molecular weight excluding hydrogens is 388 g/mol. The maximum absolute atomic E-state index is 12.7. The van der Waals surface area contributed by atoms with Gasteiger partial charge in [-0.25, -0.2) is 0 Å². The van der Waals surface area contributed by atoms with Crippen LogP contribution in [0.2, 0.25) is 5.02 Å². The number of nitrogens with zero attached hydrogens (tertiary/aromatic N) is 2. The zero-order valence-corrected chi connectivity index (χ0v) is 18.3. The zero-order valence-electron chi connectivity index (χ0n) is 17.5. The van der Waals surface area contributed by atoms with Crippen LogP contribution in [0.1, 0.15) is 39.5 Å². The Morgan fingerprint density at radius 3 is 2.52 bits per heavy atom. The van der Waals surface area contributed by atoms with E-state index in [1.165, 1.54) is 19.3 Å². The summed E-state index contributed by atoms with van der Waals surface area (Å²) < 4.78 is 0. The van der Waals surface area contributed by atoms with E-state index >= 15 is 0 Å². The normalized spacial score (nSPS) is 24.7. The van der Waals surface area contributed by atoms with Gasteiger partial charge < -0.3 is 10.6 Å². The van der Waals surface area contributed by atoms with E-state index in [2.05, 4.69) is 27.4 Å². The lowest BCUT2D eigenvalue weighted by atomic mass is 9.86. The first kappa shape index (κ1) is 22.1. The van der Waals surface area contributed by atoms with Gasteiger partial charge in [-0.1, -0.05) is 43.5 Å². The van der Waals surface area contributed by atoms with Crippen LogP contribution in [0.5, 0.6) is 0 Å². The van der Waals surface area contributed by atoms with Crippen LogP contribution in [0.3, 0.4) is 0 Å². The maximum atomic E-state index is 12.7. The predicted octanol–water partition coefficient (Wildman–Crippen LogP) is 2.98. The smallest absolute Gasteiger partial charge is 0.238 e. The van der Waals surface area contributed by atoms with Crippen molar-refractivity contribution < 1.29 is 9.59 Å². The van der Waals surface area contributed by atoms with E-state index in [1.54, 1.807) is 12.1 Å². The van der Waals surface area contributed by atoms with Crippen LogP contribution in [0.25, 0.3) is 0 Å². The van der Waals surface area contributed by atoms with Gasteiger partial charge in [-0.2, -0.15) is 0 Å². The highest BCUT2D eigenvalue weighted by atomic mass is 35.5. The summed E-state index contributed by atoms with van der Waals surface area (Å²) in [5.41, 5.74) is 0.639. The van der Waals surface area contributed by atoms with E-state index in [0.29, 0.717) is 29.2 Å². The first-order chi connectivity index (χ1) is 13.9. The van der Waals surface area contributed by atoms with Crippen LogP contribution < -0.4 is 10.6 Å². The molecule has 7 heteroatoms.